The fraction of sp³-hybridized carbons (Fsp3) is 0.100. The summed E-state index contributed by atoms with van der Waals surface area (Å²) >= 11 is 0. The zero-order chi connectivity index (χ0) is 11.9. The Bertz CT molecular complexity index is 598. The first-order chi connectivity index (χ1) is 7.45. The number of phenolic OH excluding ortho intramolecular Hbond substituents is 1. The van der Waals surface area contributed by atoms with Crippen molar-refractivity contribution < 1.29 is 23.1 Å². The number of aromatic hydroxyl groups is 1. The number of carbonyl (C=O) groups is 1. The Kier molecular flexibility index (Phi) is 2.23. The molecule has 0 aliphatic carbocycles. The summed E-state index contributed by atoms with van der Waals surface area (Å²) in [6.45, 7) is 0. The summed E-state index contributed by atoms with van der Waals surface area (Å²) in [5.41, 5.74) is 0.111. The van der Waals surface area contributed by atoms with Crippen molar-refractivity contribution in [2.45, 2.75) is 4.90 Å². The third-order valence-electron chi connectivity index (χ3n) is 2.24. The van der Waals surface area contributed by atoms with Crippen LogP contribution in [0.25, 0.3) is 5.57 Å². The van der Waals surface area contributed by atoms with E-state index in [0.717, 1.165) is 12.5 Å². The van der Waals surface area contributed by atoms with E-state index in [-0.39, 0.29) is 21.8 Å². The van der Waals surface area contributed by atoms with Crippen molar-refractivity contribution in [1.82, 2.24) is 0 Å². The van der Waals surface area contributed by atoms with Crippen molar-refractivity contribution in [2.75, 3.05) is 7.11 Å². The maximum Gasteiger partial charge on any atom is 0.339 e. The van der Waals surface area contributed by atoms with Crippen LogP contribution in [-0.2, 0) is 19.4 Å². The molecular formula is C10H8O5S. The molecule has 0 spiro atoms. The summed E-state index contributed by atoms with van der Waals surface area (Å²) in [7, 11) is -2.44. The van der Waals surface area contributed by atoms with E-state index in [4.69, 9.17) is 0 Å². The Balaban J connectivity index is 2.71. The lowest BCUT2D eigenvalue weighted by Crippen LogP contribution is -2.02. The van der Waals surface area contributed by atoms with Crippen molar-refractivity contribution in [2.24, 2.45) is 0 Å². The molecule has 1 aliphatic heterocycles. The predicted molar refractivity (Wildman–Crippen MR) is 55.3 cm³/mol. The third kappa shape index (κ3) is 1.47. The van der Waals surface area contributed by atoms with Gasteiger partial charge in [0.25, 0.3) is 0 Å². The molecule has 84 valence electrons. The van der Waals surface area contributed by atoms with Gasteiger partial charge in [-0.15, -0.1) is 0 Å². The molecule has 0 saturated heterocycles. The second kappa shape index (κ2) is 3.34. The summed E-state index contributed by atoms with van der Waals surface area (Å²) < 4.78 is 27.7. The SMILES string of the molecule is COC(=O)C1=CS(=O)(=O)c2ccc(O)cc21. The lowest BCUT2D eigenvalue weighted by molar-refractivity contribution is -0.133. The van der Waals surface area contributed by atoms with E-state index in [0.29, 0.717) is 0 Å². The van der Waals surface area contributed by atoms with Crippen molar-refractivity contribution in [1.29, 1.82) is 0 Å². The molecular weight excluding hydrogens is 232 g/mol. The summed E-state index contributed by atoms with van der Waals surface area (Å²) in [6.07, 6.45) is 0. The molecule has 0 saturated carbocycles. The Morgan fingerprint density at radius 1 is 1.38 bits per heavy atom. The minimum absolute atomic E-state index is 0.00528. The van der Waals surface area contributed by atoms with Gasteiger partial charge in [-0.2, -0.15) is 0 Å². The number of hydrogen-bond acceptors (Lipinski definition) is 5. The van der Waals surface area contributed by atoms with Crippen LogP contribution in [0.5, 0.6) is 5.75 Å². The minimum Gasteiger partial charge on any atom is -0.508 e. The number of carbonyl (C=O) groups excluding carboxylic acids is 1. The van der Waals surface area contributed by atoms with Crippen LogP contribution in [0.3, 0.4) is 0 Å². The number of rotatable bonds is 1. The maximum atomic E-state index is 11.6. The lowest BCUT2D eigenvalue weighted by atomic mass is 10.1. The normalized spacial score (nSPS) is 16.4. The van der Waals surface area contributed by atoms with Crippen molar-refractivity contribution in [3.63, 3.8) is 0 Å². The van der Waals surface area contributed by atoms with Gasteiger partial charge in [0.15, 0.2) is 0 Å². The standard InChI is InChI=1S/C10H8O5S/c1-15-10(12)8-5-16(13,14)9-3-2-6(11)4-7(8)9/h2-5,11H,1H3. The highest BCUT2D eigenvalue weighted by molar-refractivity contribution is 7.95. The molecule has 2 rings (SSSR count). The van der Waals surface area contributed by atoms with Crippen LogP contribution in [0, 0.1) is 0 Å². The fourth-order valence-electron chi connectivity index (χ4n) is 1.53. The van der Waals surface area contributed by atoms with E-state index in [9.17, 15) is 18.3 Å². The fourth-order valence-corrected chi connectivity index (χ4v) is 2.92. The maximum absolute atomic E-state index is 11.6. The second-order valence-corrected chi connectivity index (χ2v) is 5.01. The Hall–Kier alpha value is -1.82. The molecule has 0 atom stereocenters. The van der Waals surface area contributed by atoms with Gasteiger partial charge >= 0.3 is 5.97 Å². The van der Waals surface area contributed by atoms with Gasteiger partial charge in [0, 0.05) is 5.56 Å². The molecule has 16 heavy (non-hydrogen) atoms. The molecule has 0 radical (unpaired) electrons. The molecule has 0 amide bonds. The summed E-state index contributed by atoms with van der Waals surface area (Å²) in [5, 5.41) is 10.1. The molecule has 1 aromatic carbocycles. The Labute approximate surface area is 91.9 Å². The molecule has 0 aromatic heterocycles. The van der Waals surface area contributed by atoms with Crippen LogP contribution in [0.4, 0.5) is 0 Å². The first kappa shape index (κ1) is 10.7. The largest absolute Gasteiger partial charge is 0.508 e. The van der Waals surface area contributed by atoms with E-state index >= 15 is 0 Å². The first-order valence-corrected chi connectivity index (χ1v) is 5.89. The van der Waals surface area contributed by atoms with E-state index < -0.39 is 15.8 Å². The van der Waals surface area contributed by atoms with Gasteiger partial charge in [-0.25, -0.2) is 13.2 Å². The molecule has 0 fully saturated rings. The van der Waals surface area contributed by atoms with E-state index in [1.54, 1.807) is 0 Å². The average Bonchev–Trinajstić information content (AvgIpc) is 2.49. The highest BCUT2D eigenvalue weighted by Crippen LogP contribution is 2.35. The van der Waals surface area contributed by atoms with Crippen LogP contribution < -0.4 is 0 Å². The average molecular weight is 240 g/mol. The third-order valence-corrected chi connectivity index (χ3v) is 3.75. The van der Waals surface area contributed by atoms with Crippen LogP contribution in [0.2, 0.25) is 0 Å². The number of hydrogen-bond donors (Lipinski definition) is 1. The molecule has 5 nitrogen and oxygen atoms in total. The van der Waals surface area contributed by atoms with Crippen LogP contribution in [0.15, 0.2) is 28.5 Å². The molecule has 1 N–H and O–H groups in total. The van der Waals surface area contributed by atoms with Crippen molar-refractivity contribution in [3.8, 4) is 5.75 Å². The van der Waals surface area contributed by atoms with Gasteiger partial charge in [0.2, 0.25) is 9.84 Å². The zero-order valence-electron chi connectivity index (χ0n) is 8.30. The molecule has 1 aromatic rings. The smallest absolute Gasteiger partial charge is 0.339 e. The number of phenols is 1. The van der Waals surface area contributed by atoms with Crippen LogP contribution >= 0.6 is 0 Å². The van der Waals surface area contributed by atoms with Gasteiger partial charge < -0.3 is 9.84 Å². The van der Waals surface area contributed by atoms with Gasteiger partial charge in [-0.3, -0.25) is 0 Å². The summed E-state index contributed by atoms with van der Waals surface area (Å²) in [5.74, 6) is -0.849. The lowest BCUT2D eigenvalue weighted by Gasteiger charge is -2.02. The molecule has 1 aliphatic rings. The van der Waals surface area contributed by atoms with Crippen molar-refractivity contribution in [3.05, 3.63) is 29.2 Å². The number of benzene rings is 1. The number of ether oxygens (including phenoxy) is 1. The molecule has 6 heteroatoms. The summed E-state index contributed by atoms with van der Waals surface area (Å²) in [6, 6.07) is 3.74. The topological polar surface area (TPSA) is 80.7 Å². The monoisotopic (exact) mass is 240 g/mol. The van der Waals surface area contributed by atoms with E-state index in [1.165, 1.54) is 18.2 Å². The molecule has 0 bridgehead atoms. The number of methoxy groups -OCH3 is 1. The van der Waals surface area contributed by atoms with Gasteiger partial charge in [0.05, 0.1) is 23.0 Å². The quantitative estimate of drug-likeness (QED) is 0.730. The molecule has 1 heterocycles. The van der Waals surface area contributed by atoms with Crippen molar-refractivity contribution >= 4 is 21.4 Å². The second-order valence-electron chi connectivity index (χ2n) is 3.25. The van der Waals surface area contributed by atoms with E-state index in [1.807, 2.05) is 0 Å². The van der Waals surface area contributed by atoms with Gasteiger partial charge in [0.1, 0.15) is 5.75 Å². The number of sulfone groups is 1. The number of esters is 1. The van der Waals surface area contributed by atoms with E-state index in [2.05, 4.69) is 4.74 Å². The minimum atomic E-state index is -3.60. The summed E-state index contributed by atoms with van der Waals surface area (Å²) in [4.78, 5) is 11.3. The number of fused-ring (bicyclic) bond motifs is 1. The Morgan fingerprint density at radius 2 is 2.06 bits per heavy atom. The van der Waals surface area contributed by atoms with Crippen LogP contribution in [-0.4, -0.2) is 26.6 Å². The van der Waals surface area contributed by atoms with Crippen LogP contribution in [0.1, 0.15) is 5.56 Å². The van der Waals surface area contributed by atoms with Gasteiger partial charge in [-0.05, 0) is 18.2 Å². The highest BCUT2D eigenvalue weighted by atomic mass is 32.2. The molecule has 0 unspecified atom stereocenters. The first-order valence-electron chi connectivity index (χ1n) is 4.34. The van der Waals surface area contributed by atoms with Gasteiger partial charge in [-0.1, -0.05) is 0 Å². The Morgan fingerprint density at radius 3 is 2.69 bits per heavy atom. The zero-order valence-corrected chi connectivity index (χ0v) is 9.11. The highest BCUT2D eigenvalue weighted by Gasteiger charge is 2.31. The predicted octanol–water partition coefficient (Wildman–Crippen LogP) is 0.693.